The Kier molecular flexibility index (Phi) is 7.76. The van der Waals surface area contributed by atoms with Crippen molar-refractivity contribution in [2.45, 2.75) is 39.2 Å². The number of para-hydroxylation sites is 1. The van der Waals surface area contributed by atoms with Gasteiger partial charge in [0.15, 0.2) is 0 Å². The number of rotatable bonds is 10. The highest BCUT2D eigenvalue weighted by Gasteiger charge is 2.02. The minimum atomic E-state index is 0.0141. The number of aromatic nitrogens is 1. The van der Waals surface area contributed by atoms with Crippen molar-refractivity contribution in [3.05, 3.63) is 64.6 Å². The van der Waals surface area contributed by atoms with Crippen LogP contribution < -0.4 is 15.6 Å². The van der Waals surface area contributed by atoms with Crippen molar-refractivity contribution in [1.82, 2.24) is 9.88 Å². The Morgan fingerprint density at radius 1 is 1.08 bits per heavy atom. The van der Waals surface area contributed by atoms with E-state index in [0.717, 1.165) is 24.2 Å². The van der Waals surface area contributed by atoms with Crippen LogP contribution in [0.15, 0.2) is 53.5 Å². The number of unbranched alkanes of at least 4 members (excludes halogenated alkanes) is 1. The van der Waals surface area contributed by atoms with Gasteiger partial charge in [-0.25, -0.2) is 0 Å². The summed E-state index contributed by atoms with van der Waals surface area (Å²) in [4.78, 5) is 23.3. The molecule has 0 aliphatic heterocycles. The van der Waals surface area contributed by atoms with Crippen LogP contribution >= 0.6 is 0 Å². The molecule has 1 amide bonds. The zero-order valence-electron chi connectivity index (χ0n) is 14.7. The fraction of sp³-hybridized carbons (Fsp3) is 0.400. The summed E-state index contributed by atoms with van der Waals surface area (Å²) >= 11 is 0. The third kappa shape index (κ3) is 6.83. The van der Waals surface area contributed by atoms with E-state index in [1.165, 1.54) is 0 Å². The molecule has 0 aliphatic rings. The number of carbonyl (C=O) groups excluding carboxylic acids is 1. The fourth-order valence-electron chi connectivity index (χ4n) is 2.50. The predicted molar refractivity (Wildman–Crippen MR) is 98.9 cm³/mol. The predicted octanol–water partition coefficient (Wildman–Crippen LogP) is 2.91. The van der Waals surface area contributed by atoms with Crippen LogP contribution in [-0.4, -0.2) is 23.6 Å². The van der Waals surface area contributed by atoms with Gasteiger partial charge in [-0.3, -0.25) is 9.59 Å². The summed E-state index contributed by atoms with van der Waals surface area (Å²) in [5.74, 6) is 0.921. The van der Waals surface area contributed by atoms with Gasteiger partial charge in [0.05, 0.1) is 6.61 Å². The molecule has 1 heterocycles. The van der Waals surface area contributed by atoms with E-state index >= 15 is 0 Å². The van der Waals surface area contributed by atoms with Crippen LogP contribution in [0.4, 0.5) is 0 Å². The highest BCUT2D eigenvalue weighted by atomic mass is 16.5. The van der Waals surface area contributed by atoms with Crippen molar-refractivity contribution in [1.29, 1.82) is 0 Å². The van der Waals surface area contributed by atoms with E-state index in [1.54, 1.807) is 22.9 Å². The zero-order valence-corrected chi connectivity index (χ0v) is 14.7. The quantitative estimate of drug-likeness (QED) is 0.675. The molecule has 1 aromatic carbocycles. The summed E-state index contributed by atoms with van der Waals surface area (Å²) in [5, 5.41) is 2.91. The Labute approximate surface area is 148 Å². The molecule has 0 unspecified atom stereocenters. The Balaban J connectivity index is 1.52. The molecule has 2 aromatic rings. The Hall–Kier alpha value is -2.56. The van der Waals surface area contributed by atoms with Gasteiger partial charge in [0.1, 0.15) is 5.75 Å². The van der Waals surface area contributed by atoms with Crippen LogP contribution in [0.1, 0.15) is 31.2 Å². The lowest BCUT2D eigenvalue weighted by molar-refractivity contribution is -0.121. The van der Waals surface area contributed by atoms with Gasteiger partial charge < -0.3 is 14.6 Å². The number of carbonyl (C=O) groups is 1. The van der Waals surface area contributed by atoms with E-state index in [2.05, 4.69) is 5.32 Å². The minimum Gasteiger partial charge on any atom is -0.493 e. The highest BCUT2D eigenvalue weighted by Crippen LogP contribution is 2.16. The smallest absolute Gasteiger partial charge is 0.250 e. The summed E-state index contributed by atoms with van der Waals surface area (Å²) in [6.07, 6.45) is 4.66. The molecule has 0 bridgehead atoms. The van der Waals surface area contributed by atoms with Crippen molar-refractivity contribution in [2.75, 3.05) is 13.2 Å². The van der Waals surface area contributed by atoms with Crippen molar-refractivity contribution < 1.29 is 9.53 Å². The number of amides is 1. The number of hydrogen-bond donors (Lipinski definition) is 1. The first-order valence-corrected chi connectivity index (χ1v) is 8.77. The van der Waals surface area contributed by atoms with Crippen LogP contribution in [-0.2, 0) is 11.3 Å². The van der Waals surface area contributed by atoms with E-state index in [4.69, 9.17) is 4.74 Å². The molecule has 0 atom stereocenters. The second kappa shape index (κ2) is 10.3. The molecule has 1 aromatic heterocycles. The first-order valence-electron chi connectivity index (χ1n) is 8.77. The average molecular weight is 342 g/mol. The second-order valence-electron chi connectivity index (χ2n) is 6.01. The molecule has 0 aliphatic carbocycles. The minimum absolute atomic E-state index is 0.0141. The van der Waals surface area contributed by atoms with E-state index in [1.807, 2.05) is 37.3 Å². The third-order valence-electron chi connectivity index (χ3n) is 3.95. The highest BCUT2D eigenvalue weighted by molar-refractivity contribution is 5.75. The summed E-state index contributed by atoms with van der Waals surface area (Å²) < 4.78 is 7.36. The maximum absolute atomic E-state index is 11.8. The largest absolute Gasteiger partial charge is 0.493 e. The molecule has 1 N–H and O–H groups in total. The zero-order chi connectivity index (χ0) is 17.9. The van der Waals surface area contributed by atoms with Crippen LogP contribution in [0.5, 0.6) is 5.75 Å². The number of benzene rings is 1. The van der Waals surface area contributed by atoms with Crippen molar-refractivity contribution >= 4 is 5.91 Å². The van der Waals surface area contributed by atoms with E-state index in [9.17, 15) is 9.59 Å². The van der Waals surface area contributed by atoms with E-state index in [0.29, 0.717) is 32.5 Å². The number of aryl methyl sites for hydroxylation is 2. The second-order valence-corrected chi connectivity index (χ2v) is 6.01. The lowest BCUT2D eigenvalue weighted by Gasteiger charge is -2.09. The normalized spacial score (nSPS) is 10.4. The third-order valence-corrected chi connectivity index (χ3v) is 3.95. The molecule has 25 heavy (non-hydrogen) atoms. The fourth-order valence-corrected chi connectivity index (χ4v) is 2.50. The maximum atomic E-state index is 11.8. The van der Waals surface area contributed by atoms with Crippen molar-refractivity contribution in [3.8, 4) is 5.75 Å². The molecule has 5 heteroatoms. The first-order chi connectivity index (χ1) is 12.2. The van der Waals surface area contributed by atoms with Crippen LogP contribution in [0, 0.1) is 6.92 Å². The van der Waals surface area contributed by atoms with Crippen LogP contribution in [0.25, 0.3) is 0 Å². The van der Waals surface area contributed by atoms with Crippen LogP contribution in [0.3, 0.4) is 0 Å². The lowest BCUT2D eigenvalue weighted by Crippen LogP contribution is -2.25. The number of ether oxygens (including phenoxy) is 1. The Bertz CT molecular complexity index is 725. The SMILES string of the molecule is Cc1ccccc1OCCCC(=O)NCCCCn1ccccc1=O. The molecular formula is C20H26N2O3. The van der Waals surface area contributed by atoms with Gasteiger partial charge in [-0.05, 0) is 43.9 Å². The molecule has 0 radical (unpaired) electrons. The summed E-state index contributed by atoms with van der Waals surface area (Å²) in [6.45, 7) is 3.86. The summed E-state index contributed by atoms with van der Waals surface area (Å²) in [5.41, 5.74) is 1.12. The molecule has 0 fully saturated rings. The van der Waals surface area contributed by atoms with Crippen molar-refractivity contribution in [2.24, 2.45) is 0 Å². The number of nitrogens with one attached hydrogen (secondary N) is 1. The first kappa shape index (κ1) is 18.8. The Morgan fingerprint density at radius 2 is 1.88 bits per heavy atom. The standard InChI is InChI=1S/C20H26N2O3/c1-17-9-2-3-10-18(17)25-16-8-11-19(23)21-13-5-7-15-22-14-6-4-12-20(22)24/h2-4,6,9-10,12,14H,5,7-8,11,13,15-16H2,1H3,(H,21,23). The average Bonchev–Trinajstić information content (AvgIpc) is 2.61. The van der Waals surface area contributed by atoms with Gasteiger partial charge >= 0.3 is 0 Å². The molecule has 0 saturated heterocycles. The molecule has 5 nitrogen and oxygen atoms in total. The molecular weight excluding hydrogens is 316 g/mol. The van der Waals surface area contributed by atoms with Gasteiger partial charge in [-0.1, -0.05) is 24.3 Å². The van der Waals surface area contributed by atoms with Crippen molar-refractivity contribution in [3.63, 3.8) is 0 Å². The molecule has 0 spiro atoms. The number of hydrogen-bond acceptors (Lipinski definition) is 3. The van der Waals surface area contributed by atoms with Gasteiger partial charge in [0, 0.05) is 31.8 Å². The van der Waals surface area contributed by atoms with Gasteiger partial charge in [-0.15, -0.1) is 0 Å². The number of nitrogens with zero attached hydrogens (tertiary/aromatic N) is 1. The lowest BCUT2D eigenvalue weighted by atomic mass is 10.2. The molecule has 0 saturated carbocycles. The van der Waals surface area contributed by atoms with E-state index < -0.39 is 0 Å². The van der Waals surface area contributed by atoms with E-state index in [-0.39, 0.29) is 11.5 Å². The number of pyridine rings is 1. The van der Waals surface area contributed by atoms with Gasteiger partial charge in [-0.2, -0.15) is 0 Å². The molecule has 2 rings (SSSR count). The summed E-state index contributed by atoms with van der Waals surface area (Å²) in [7, 11) is 0. The monoisotopic (exact) mass is 342 g/mol. The topological polar surface area (TPSA) is 60.3 Å². The van der Waals surface area contributed by atoms with Gasteiger partial charge in [0.25, 0.3) is 0 Å². The summed E-state index contributed by atoms with van der Waals surface area (Å²) in [6, 6.07) is 13.0. The Morgan fingerprint density at radius 3 is 2.68 bits per heavy atom. The van der Waals surface area contributed by atoms with Gasteiger partial charge in [0.2, 0.25) is 11.5 Å². The molecule has 134 valence electrons. The maximum Gasteiger partial charge on any atom is 0.250 e. The van der Waals surface area contributed by atoms with Crippen LogP contribution in [0.2, 0.25) is 0 Å².